The minimum Gasteiger partial charge on any atom is -0.350 e. The van der Waals surface area contributed by atoms with E-state index in [4.69, 9.17) is 0 Å². The summed E-state index contributed by atoms with van der Waals surface area (Å²) in [6.45, 7) is 5.38. The van der Waals surface area contributed by atoms with Crippen LogP contribution in [-0.4, -0.2) is 35.7 Å². The summed E-state index contributed by atoms with van der Waals surface area (Å²) >= 11 is 1.34. The largest absolute Gasteiger partial charge is 0.350 e. The maximum Gasteiger partial charge on any atom is 0.231 e. The summed E-state index contributed by atoms with van der Waals surface area (Å²) in [5.41, 5.74) is 0.955. The highest BCUT2D eigenvalue weighted by Gasteiger charge is 2.28. The molecule has 1 aliphatic heterocycles. The third kappa shape index (κ3) is 2.99. The predicted octanol–water partition coefficient (Wildman–Crippen LogP) is 1.23. The Hall–Kier alpha value is -1.90. The summed E-state index contributed by atoms with van der Waals surface area (Å²) in [4.78, 5) is 13.5. The van der Waals surface area contributed by atoms with Gasteiger partial charge in [-0.05, 0) is 40.7 Å². The average molecular weight is 321 g/mol. The number of aromatic nitrogens is 6. The van der Waals surface area contributed by atoms with Gasteiger partial charge < -0.3 is 5.32 Å². The van der Waals surface area contributed by atoms with Crippen molar-refractivity contribution in [3.8, 4) is 0 Å². The van der Waals surface area contributed by atoms with E-state index in [0.29, 0.717) is 18.3 Å². The second-order valence-corrected chi connectivity index (χ2v) is 6.60. The zero-order chi connectivity index (χ0) is 15.5. The summed E-state index contributed by atoms with van der Waals surface area (Å²) < 4.78 is 5.72. The molecule has 1 amide bonds. The van der Waals surface area contributed by atoms with Gasteiger partial charge in [0.05, 0.1) is 23.0 Å². The van der Waals surface area contributed by atoms with Crippen LogP contribution in [0.25, 0.3) is 0 Å². The van der Waals surface area contributed by atoms with Gasteiger partial charge in [-0.3, -0.25) is 4.79 Å². The Morgan fingerprint density at radius 3 is 3.09 bits per heavy atom. The van der Waals surface area contributed by atoms with Gasteiger partial charge in [0.1, 0.15) is 0 Å². The molecule has 0 saturated carbocycles. The molecule has 2 aromatic rings. The fourth-order valence-electron chi connectivity index (χ4n) is 2.67. The molecule has 0 bridgehead atoms. The molecule has 1 unspecified atom stereocenters. The molecule has 9 heteroatoms. The Balaban J connectivity index is 1.69. The van der Waals surface area contributed by atoms with Gasteiger partial charge in [0, 0.05) is 6.54 Å². The summed E-state index contributed by atoms with van der Waals surface area (Å²) in [5, 5.41) is 18.8. The first-order chi connectivity index (χ1) is 10.7. The van der Waals surface area contributed by atoms with E-state index in [1.807, 2.05) is 0 Å². The van der Waals surface area contributed by atoms with Gasteiger partial charge in [-0.2, -0.15) is 0 Å². The summed E-state index contributed by atoms with van der Waals surface area (Å²) in [6, 6.07) is 0. The van der Waals surface area contributed by atoms with E-state index in [-0.39, 0.29) is 11.8 Å². The molecule has 1 N–H and O–H groups in total. The highest BCUT2D eigenvalue weighted by Crippen LogP contribution is 2.25. The van der Waals surface area contributed by atoms with E-state index in [0.717, 1.165) is 36.4 Å². The molecule has 8 nitrogen and oxygen atoms in total. The van der Waals surface area contributed by atoms with E-state index < -0.39 is 0 Å². The lowest BCUT2D eigenvalue weighted by Crippen LogP contribution is -2.30. The number of carbonyl (C=O) groups is 1. The zero-order valence-corrected chi connectivity index (χ0v) is 13.5. The van der Waals surface area contributed by atoms with Crippen LogP contribution in [0.1, 0.15) is 61.3 Å². The summed E-state index contributed by atoms with van der Waals surface area (Å²) in [5.74, 6) is 0.666. The fourth-order valence-corrected chi connectivity index (χ4v) is 3.41. The van der Waals surface area contributed by atoms with Crippen molar-refractivity contribution in [1.29, 1.82) is 0 Å². The normalized spacial score (nSPS) is 18.0. The molecule has 0 spiro atoms. The van der Waals surface area contributed by atoms with Crippen molar-refractivity contribution in [1.82, 2.24) is 35.1 Å². The smallest absolute Gasteiger partial charge is 0.231 e. The molecular weight excluding hydrogens is 302 g/mol. The Kier molecular flexibility index (Phi) is 4.41. The molecular formula is C13H19N7OS. The SMILES string of the molecule is CC(C)c1nnsc1CNC(=O)C1CCCCn2nnnc21. The Morgan fingerprint density at radius 1 is 1.41 bits per heavy atom. The standard InChI is InChI=1S/C13H19N7OS/c1-8(2)11-10(22-19-15-11)7-14-13(21)9-5-3-4-6-20-12(9)16-17-18-20/h8-9H,3-7H2,1-2H3,(H,14,21). The van der Waals surface area contributed by atoms with E-state index >= 15 is 0 Å². The van der Waals surface area contributed by atoms with Crippen LogP contribution >= 0.6 is 11.5 Å². The monoisotopic (exact) mass is 321 g/mol. The van der Waals surface area contributed by atoms with Crippen molar-refractivity contribution in [3.05, 3.63) is 16.4 Å². The number of nitrogens with zero attached hydrogens (tertiary/aromatic N) is 6. The molecule has 0 aromatic carbocycles. The number of amides is 1. The maximum atomic E-state index is 12.5. The number of rotatable bonds is 4. The Bertz CT molecular complexity index is 650. The number of carbonyl (C=O) groups excluding carboxylic acids is 1. The first-order valence-corrected chi connectivity index (χ1v) is 8.29. The van der Waals surface area contributed by atoms with Crippen LogP contribution < -0.4 is 5.32 Å². The van der Waals surface area contributed by atoms with Gasteiger partial charge in [-0.25, -0.2) is 4.68 Å². The van der Waals surface area contributed by atoms with Crippen molar-refractivity contribution in [2.24, 2.45) is 0 Å². The number of fused-ring (bicyclic) bond motifs is 1. The van der Waals surface area contributed by atoms with Gasteiger partial charge in [-0.15, -0.1) is 10.2 Å². The predicted molar refractivity (Wildman–Crippen MR) is 80.3 cm³/mol. The van der Waals surface area contributed by atoms with Crippen LogP contribution in [0.5, 0.6) is 0 Å². The number of hydrogen-bond donors (Lipinski definition) is 1. The van der Waals surface area contributed by atoms with Crippen molar-refractivity contribution >= 4 is 17.4 Å². The zero-order valence-electron chi connectivity index (χ0n) is 12.7. The summed E-state index contributed by atoms with van der Waals surface area (Å²) in [6.07, 6.45) is 2.77. The minimum atomic E-state index is -0.277. The van der Waals surface area contributed by atoms with Gasteiger partial charge in [-0.1, -0.05) is 24.8 Å². The summed E-state index contributed by atoms with van der Waals surface area (Å²) in [7, 11) is 0. The third-order valence-corrected chi connectivity index (χ3v) is 4.59. The quantitative estimate of drug-likeness (QED) is 0.909. The molecule has 1 atom stereocenters. The molecule has 3 rings (SSSR count). The molecule has 0 fully saturated rings. The highest BCUT2D eigenvalue weighted by molar-refractivity contribution is 7.05. The Morgan fingerprint density at radius 2 is 2.27 bits per heavy atom. The second-order valence-electron chi connectivity index (χ2n) is 5.76. The molecule has 0 aliphatic carbocycles. The van der Waals surface area contributed by atoms with E-state index in [9.17, 15) is 4.79 Å². The second kappa shape index (κ2) is 6.47. The van der Waals surface area contributed by atoms with Crippen LogP contribution in [-0.2, 0) is 17.9 Å². The number of aryl methyl sites for hydroxylation is 1. The van der Waals surface area contributed by atoms with Crippen LogP contribution in [0.2, 0.25) is 0 Å². The van der Waals surface area contributed by atoms with Crippen LogP contribution in [0, 0.1) is 0 Å². The average Bonchev–Trinajstić information content (AvgIpc) is 3.10. The van der Waals surface area contributed by atoms with Crippen LogP contribution in [0.4, 0.5) is 0 Å². The maximum absolute atomic E-state index is 12.5. The van der Waals surface area contributed by atoms with Crippen molar-refractivity contribution < 1.29 is 4.79 Å². The topological polar surface area (TPSA) is 98.5 Å². The first kappa shape index (κ1) is 15.0. The lowest BCUT2D eigenvalue weighted by molar-refractivity contribution is -0.123. The van der Waals surface area contributed by atoms with E-state index in [1.165, 1.54) is 11.5 Å². The fraction of sp³-hybridized carbons (Fsp3) is 0.692. The molecule has 0 saturated heterocycles. The highest BCUT2D eigenvalue weighted by atomic mass is 32.1. The van der Waals surface area contributed by atoms with Gasteiger partial charge in [0.25, 0.3) is 0 Å². The Labute approximate surface area is 132 Å². The van der Waals surface area contributed by atoms with Gasteiger partial charge in [0.2, 0.25) is 5.91 Å². The van der Waals surface area contributed by atoms with E-state index in [2.05, 4.69) is 44.3 Å². The number of tetrazole rings is 1. The van der Waals surface area contributed by atoms with Gasteiger partial charge in [0.15, 0.2) is 5.82 Å². The minimum absolute atomic E-state index is 0.0268. The molecule has 1 aliphatic rings. The van der Waals surface area contributed by atoms with Crippen LogP contribution in [0.15, 0.2) is 0 Å². The molecule has 0 radical (unpaired) electrons. The third-order valence-electron chi connectivity index (χ3n) is 3.86. The van der Waals surface area contributed by atoms with Gasteiger partial charge >= 0.3 is 0 Å². The first-order valence-electron chi connectivity index (χ1n) is 7.51. The molecule has 118 valence electrons. The lowest BCUT2D eigenvalue weighted by Gasteiger charge is -2.13. The van der Waals surface area contributed by atoms with Crippen molar-refractivity contribution in [3.63, 3.8) is 0 Å². The lowest BCUT2D eigenvalue weighted by atomic mass is 10.0. The van der Waals surface area contributed by atoms with Crippen molar-refractivity contribution in [2.75, 3.05) is 0 Å². The molecule has 22 heavy (non-hydrogen) atoms. The van der Waals surface area contributed by atoms with Crippen LogP contribution in [0.3, 0.4) is 0 Å². The molecule has 2 aromatic heterocycles. The van der Waals surface area contributed by atoms with Crippen molar-refractivity contribution in [2.45, 2.75) is 58.0 Å². The molecule has 3 heterocycles. The number of nitrogens with one attached hydrogen (secondary N) is 1. The van der Waals surface area contributed by atoms with E-state index in [1.54, 1.807) is 4.68 Å². The number of hydrogen-bond acceptors (Lipinski definition) is 7.